The van der Waals surface area contributed by atoms with Crippen LogP contribution in [-0.4, -0.2) is 23.2 Å². The van der Waals surface area contributed by atoms with Crippen molar-refractivity contribution in [2.75, 3.05) is 0 Å². The number of benzene rings is 2. The van der Waals surface area contributed by atoms with Crippen LogP contribution in [0.5, 0.6) is 0 Å². The summed E-state index contributed by atoms with van der Waals surface area (Å²) < 4.78 is 27.2. The summed E-state index contributed by atoms with van der Waals surface area (Å²) in [4.78, 5) is 24.6. The highest BCUT2D eigenvalue weighted by Gasteiger charge is 2.49. The van der Waals surface area contributed by atoms with Crippen LogP contribution in [0.15, 0.2) is 53.6 Å². The van der Waals surface area contributed by atoms with E-state index in [2.05, 4.69) is 10.4 Å². The maximum absolute atomic E-state index is 13.6. The SMILES string of the molecule is C[C@@]1(c2ccccc2)NC(=O)N(/N=C\c2c(F)cccc2F)C1=O. The molecule has 3 rings (SSSR count). The van der Waals surface area contributed by atoms with Crippen LogP contribution in [0, 0.1) is 11.6 Å². The number of hydrogen-bond donors (Lipinski definition) is 1. The monoisotopic (exact) mass is 329 g/mol. The lowest BCUT2D eigenvalue weighted by molar-refractivity contribution is -0.131. The molecular weight excluding hydrogens is 316 g/mol. The molecule has 2 aromatic rings. The summed E-state index contributed by atoms with van der Waals surface area (Å²) in [6.45, 7) is 1.54. The zero-order chi connectivity index (χ0) is 17.3. The van der Waals surface area contributed by atoms with E-state index < -0.39 is 34.7 Å². The predicted octanol–water partition coefficient (Wildman–Crippen LogP) is 2.77. The molecule has 24 heavy (non-hydrogen) atoms. The molecule has 122 valence electrons. The molecule has 0 aliphatic carbocycles. The second-order valence-corrected chi connectivity index (χ2v) is 5.42. The van der Waals surface area contributed by atoms with E-state index in [1.54, 1.807) is 37.3 Å². The number of rotatable bonds is 3. The summed E-state index contributed by atoms with van der Waals surface area (Å²) in [5.74, 6) is -2.31. The molecule has 5 nitrogen and oxygen atoms in total. The quantitative estimate of drug-likeness (QED) is 0.695. The molecule has 1 saturated heterocycles. The second-order valence-electron chi connectivity index (χ2n) is 5.42. The van der Waals surface area contributed by atoms with Gasteiger partial charge in [-0.2, -0.15) is 5.10 Å². The summed E-state index contributed by atoms with van der Waals surface area (Å²) in [5, 5.41) is 6.78. The van der Waals surface area contributed by atoms with Crippen molar-refractivity contribution in [1.82, 2.24) is 10.3 Å². The summed E-state index contributed by atoms with van der Waals surface area (Å²) in [6, 6.07) is 11.2. The number of hydrazone groups is 1. The van der Waals surface area contributed by atoms with E-state index in [0.29, 0.717) is 10.6 Å². The van der Waals surface area contributed by atoms with Gasteiger partial charge in [-0.25, -0.2) is 13.6 Å². The van der Waals surface area contributed by atoms with Crippen LogP contribution < -0.4 is 5.32 Å². The molecule has 0 aromatic heterocycles. The first-order chi connectivity index (χ1) is 11.4. The van der Waals surface area contributed by atoms with Crippen molar-refractivity contribution in [3.05, 3.63) is 71.3 Å². The summed E-state index contributed by atoms with van der Waals surface area (Å²) in [6.07, 6.45) is 0.818. The first kappa shape index (κ1) is 15.8. The molecule has 7 heteroatoms. The minimum Gasteiger partial charge on any atom is -0.318 e. The molecule has 1 fully saturated rings. The Morgan fingerprint density at radius 2 is 1.67 bits per heavy atom. The van der Waals surface area contributed by atoms with Gasteiger partial charge in [0.05, 0.1) is 11.8 Å². The Bertz CT molecular complexity index is 819. The van der Waals surface area contributed by atoms with Gasteiger partial charge in [-0.3, -0.25) is 4.79 Å². The predicted molar refractivity (Wildman–Crippen MR) is 83.1 cm³/mol. The van der Waals surface area contributed by atoms with Crippen molar-refractivity contribution < 1.29 is 18.4 Å². The van der Waals surface area contributed by atoms with E-state index in [1.165, 1.54) is 6.07 Å². The van der Waals surface area contributed by atoms with Crippen LogP contribution in [0.4, 0.5) is 13.6 Å². The Morgan fingerprint density at radius 1 is 1.04 bits per heavy atom. The zero-order valence-electron chi connectivity index (χ0n) is 12.7. The fourth-order valence-corrected chi connectivity index (χ4v) is 2.45. The number of halogens is 2. The molecule has 1 N–H and O–H groups in total. The highest BCUT2D eigenvalue weighted by atomic mass is 19.1. The zero-order valence-corrected chi connectivity index (χ0v) is 12.7. The van der Waals surface area contributed by atoms with E-state index in [1.807, 2.05) is 0 Å². The van der Waals surface area contributed by atoms with Crippen LogP contribution in [0.1, 0.15) is 18.1 Å². The van der Waals surface area contributed by atoms with E-state index in [0.717, 1.165) is 18.3 Å². The van der Waals surface area contributed by atoms with Gasteiger partial charge in [0.15, 0.2) is 0 Å². The molecule has 0 bridgehead atoms. The lowest BCUT2D eigenvalue weighted by atomic mass is 9.92. The number of nitrogens with zero attached hydrogens (tertiary/aromatic N) is 2. The molecule has 1 aliphatic heterocycles. The summed E-state index contributed by atoms with van der Waals surface area (Å²) in [5.41, 5.74) is -1.13. The maximum Gasteiger partial charge on any atom is 0.346 e. The lowest BCUT2D eigenvalue weighted by Crippen LogP contribution is -2.40. The maximum atomic E-state index is 13.6. The van der Waals surface area contributed by atoms with Crippen molar-refractivity contribution in [3.63, 3.8) is 0 Å². The van der Waals surface area contributed by atoms with Gasteiger partial charge < -0.3 is 5.32 Å². The average molecular weight is 329 g/mol. The van der Waals surface area contributed by atoms with Crippen LogP contribution in [-0.2, 0) is 10.3 Å². The summed E-state index contributed by atoms with van der Waals surface area (Å²) >= 11 is 0. The Morgan fingerprint density at radius 3 is 2.29 bits per heavy atom. The Kier molecular flexibility index (Phi) is 3.84. The molecule has 1 atom stereocenters. The highest BCUT2D eigenvalue weighted by Crippen LogP contribution is 2.28. The van der Waals surface area contributed by atoms with Crippen LogP contribution in [0.25, 0.3) is 0 Å². The molecule has 0 saturated carbocycles. The molecule has 0 spiro atoms. The minimum atomic E-state index is -1.29. The fraction of sp³-hybridized carbons (Fsp3) is 0.118. The average Bonchev–Trinajstić information content (AvgIpc) is 2.79. The third-order valence-electron chi connectivity index (χ3n) is 3.82. The Balaban J connectivity index is 1.92. The minimum absolute atomic E-state index is 0.425. The normalized spacial score (nSPS) is 20.7. The number of carbonyl (C=O) groups is 2. The van der Waals surface area contributed by atoms with E-state index >= 15 is 0 Å². The third-order valence-corrected chi connectivity index (χ3v) is 3.82. The highest BCUT2D eigenvalue weighted by molar-refractivity contribution is 6.07. The van der Waals surface area contributed by atoms with E-state index in [4.69, 9.17) is 0 Å². The van der Waals surface area contributed by atoms with Gasteiger partial charge in [-0.15, -0.1) is 5.01 Å². The fourth-order valence-electron chi connectivity index (χ4n) is 2.45. The van der Waals surface area contributed by atoms with E-state index in [-0.39, 0.29) is 0 Å². The van der Waals surface area contributed by atoms with Gasteiger partial charge >= 0.3 is 6.03 Å². The summed E-state index contributed by atoms with van der Waals surface area (Å²) in [7, 11) is 0. The third kappa shape index (κ3) is 2.54. The number of carbonyl (C=O) groups excluding carboxylic acids is 2. The van der Waals surface area contributed by atoms with Crippen LogP contribution in [0.3, 0.4) is 0 Å². The van der Waals surface area contributed by atoms with Crippen molar-refractivity contribution >= 4 is 18.2 Å². The largest absolute Gasteiger partial charge is 0.346 e. The van der Waals surface area contributed by atoms with Gasteiger partial charge in [0.1, 0.15) is 17.2 Å². The van der Waals surface area contributed by atoms with Crippen molar-refractivity contribution in [3.8, 4) is 0 Å². The lowest BCUT2D eigenvalue weighted by Gasteiger charge is -2.20. The standard InChI is InChI=1S/C17H13F2N3O2/c1-17(11-6-3-2-4-7-11)15(23)22(16(24)21-17)20-10-12-13(18)8-5-9-14(12)19/h2-10H,1H3,(H,21,24)/b20-10-/t17-/m0/s1. The van der Waals surface area contributed by atoms with Crippen molar-refractivity contribution in [2.45, 2.75) is 12.5 Å². The Labute approximate surface area is 136 Å². The first-order valence-corrected chi connectivity index (χ1v) is 7.14. The molecular formula is C17H13F2N3O2. The molecule has 0 unspecified atom stereocenters. The van der Waals surface area contributed by atoms with Gasteiger partial charge in [0.25, 0.3) is 5.91 Å². The number of hydrogen-bond acceptors (Lipinski definition) is 3. The topological polar surface area (TPSA) is 61.8 Å². The number of nitrogens with one attached hydrogen (secondary N) is 1. The van der Waals surface area contributed by atoms with Gasteiger partial charge in [0.2, 0.25) is 0 Å². The molecule has 3 amide bonds. The molecule has 2 aromatic carbocycles. The molecule has 1 heterocycles. The first-order valence-electron chi connectivity index (χ1n) is 7.14. The molecule has 1 aliphatic rings. The number of amides is 3. The number of imide groups is 1. The second kappa shape index (κ2) is 5.84. The van der Waals surface area contributed by atoms with Crippen LogP contribution >= 0.6 is 0 Å². The van der Waals surface area contributed by atoms with Gasteiger partial charge in [0, 0.05) is 0 Å². The number of urea groups is 1. The smallest absolute Gasteiger partial charge is 0.318 e. The van der Waals surface area contributed by atoms with Crippen LogP contribution in [0.2, 0.25) is 0 Å². The van der Waals surface area contributed by atoms with E-state index in [9.17, 15) is 18.4 Å². The van der Waals surface area contributed by atoms with Gasteiger partial charge in [-0.1, -0.05) is 36.4 Å². The van der Waals surface area contributed by atoms with Crippen molar-refractivity contribution in [1.29, 1.82) is 0 Å². The molecule has 0 radical (unpaired) electrons. The Hall–Kier alpha value is -3.09. The van der Waals surface area contributed by atoms with Crippen molar-refractivity contribution in [2.24, 2.45) is 5.10 Å². The van der Waals surface area contributed by atoms with Gasteiger partial charge in [-0.05, 0) is 24.6 Å².